The molecule has 0 saturated carbocycles. The molecule has 1 N–H and O–H groups in total. The number of piperazine rings is 1. The van der Waals surface area contributed by atoms with Gasteiger partial charge in [-0.3, -0.25) is 4.98 Å². The zero-order valence-electron chi connectivity index (χ0n) is 15.8. The summed E-state index contributed by atoms with van der Waals surface area (Å²) in [5.74, 6) is 0.00509. The Kier molecular flexibility index (Phi) is 6.21. The molecule has 0 spiro atoms. The number of rotatable bonds is 4. The van der Waals surface area contributed by atoms with Crippen molar-refractivity contribution in [3.05, 3.63) is 59.4 Å². The van der Waals surface area contributed by atoms with Gasteiger partial charge in [0.25, 0.3) is 0 Å². The summed E-state index contributed by atoms with van der Waals surface area (Å²) in [6, 6.07) is 9.48. The maximum atomic E-state index is 14.0. The van der Waals surface area contributed by atoms with Gasteiger partial charge in [0, 0.05) is 44.5 Å². The summed E-state index contributed by atoms with van der Waals surface area (Å²) in [6.45, 7) is 7.83. The lowest BCUT2D eigenvalue weighted by atomic mass is 10.2. The van der Waals surface area contributed by atoms with E-state index in [1.807, 2.05) is 36.9 Å². The third-order valence-corrected chi connectivity index (χ3v) is 4.50. The number of benzene rings is 1. The van der Waals surface area contributed by atoms with Gasteiger partial charge in [0.1, 0.15) is 11.6 Å². The van der Waals surface area contributed by atoms with Gasteiger partial charge < -0.3 is 15.1 Å². The predicted octanol–water partition coefficient (Wildman–Crippen LogP) is 2.96. The van der Waals surface area contributed by atoms with E-state index >= 15 is 0 Å². The molecule has 0 unspecified atom stereocenters. The van der Waals surface area contributed by atoms with Crippen LogP contribution in [0.15, 0.2) is 41.4 Å². The Hall–Kier alpha value is -2.70. The lowest BCUT2D eigenvalue weighted by molar-refractivity contribution is 0.370. The Balaban J connectivity index is 1.66. The van der Waals surface area contributed by atoms with Crippen LogP contribution in [-0.2, 0) is 6.54 Å². The third-order valence-electron chi connectivity index (χ3n) is 4.50. The molecule has 1 aliphatic heterocycles. The van der Waals surface area contributed by atoms with Crippen LogP contribution >= 0.6 is 0 Å². The van der Waals surface area contributed by atoms with E-state index < -0.39 is 11.6 Å². The SMILES string of the molecule is CCNC(=NCc1cccc(C)n1)N1CCN(c2cc(F)ccc2F)CC1. The van der Waals surface area contributed by atoms with Gasteiger partial charge in [0.2, 0.25) is 0 Å². The minimum Gasteiger partial charge on any atom is -0.366 e. The highest BCUT2D eigenvalue weighted by molar-refractivity contribution is 5.80. The summed E-state index contributed by atoms with van der Waals surface area (Å²) in [4.78, 5) is 13.2. The molecule has 7 heteroatoms. The molecule has 5 nitrogen and oxygen atoms in total. The predicted molar refractivity (Wildman–Crippen MR) is 104 cm³/mol. The first-order valence-electron chi connectivity index (χ1n) is 9.22. The molecule has 1 aromatic heterocycles. The lowest BCUT2D eigenvalue weighted by Crippen LogP contribution is -2.52. The summed E-state index contributed by atoms with van der Waals surface area (Å²) in [7, 11) is 0. The number of aliphatic imine (C=N–C) groups is 1. The summed E-state index contributed by atoms with van der Waals surface area (Å²) >= 11 is 0. The number of anilines is 1. The van der Waals surface area contributed by atoms with Crippen molar-refractivity contribution in [2.75, 3.05) is 37.6 Å². The molecule has 0 atom stereocenters. The zero-order chi connectivity index (χ0) is 19.2. The van der Waals surface area contributed by atoms with Gasteiger partial charge in [-0.15, -0.1) is 0 Å². The molecule has 3 rings (SSSR count). The number of aryl methyl sites for hydroxylation is 1. The highest BCUT2D eigenvalue weighted by atomic mass is 19.1. The third kappa shape index (κ3) is 4.93. The molecule has 1 fully saturated rings. The average Bonchev–Trinajstić information content (AvgIpc) is 2.67. The molecule has 1 saturated heterocycles. The van der Waals surface area contributed by atoms with Crippen molar-refractivity contribution in [1.29, 1.82) is 0 Å². The standard InChI is InChI=1S/C20H25F2N5/c1-3-23-20(24-14-17-6-4-5-15(2)25-17)27-11-9-26(10-12-27)19-13-16(21)7-8-18(19)22/h4-8,13H,3,9-12,14H2,1-2H3,(H,23,24). The molecular weight excluding hydrogens is 348 g/mol. The first-order chi connectivity index (χ1) is 13.1. The summed E-state index contributed by atoms with van der Waals surface area (Å²) in [5, 5.41) is 3.31. The van der Waals surface area contributed by atoms with E-state index in [2.05, 4.69) is 15.2 Å². The van der Waals surface area contributed by atoms with Crippen LogP contribution < -0.4 is 10.2 Å². The largest absolute Gasteiger partial charge is 0.366 e. The van der Waals surface area contributed by atoms with Crippen molar-refractivity contribution < 1.29 is 8.78 Å². The van der Waals surface area contributed by atoms with Gasteiger partial charge in [-0.1, -0.05) is 6.07 Å². The fraction of sp³-hybridized carbons (Fsp3) is 0.400. The zero-order valence-corrected chi connectivity index (χ0v) is 15.8. The van der Waals surface area contributed by atoms with Gasteiger partial charge in [-0.2, -0.15) is 0 Å². The van der Waals surface area contributed by atoms with Crippen LogP contribution in [0.3, 0.4) is 0 Å². The van der Waals surface area contributed by atoms with Crippen molar-refractivity contribution in [2.24, 2.45) is 4.99 Å². The van der Waals surface area contributed by atoms with E-state index in [4.69, 9.17) is 4.99 Å². The van der Waals surface area contributed by atoms with Crippen molar-refractivity contribution in [3.8, 4) is 0 Å². The van der Waals surface area contributed by atoms with Crippen molar-refractivity contribution in [3.63, 3.8) is 0 Å². The number of halogens is 2. The van der Waals surface area contributed by atoms with E-state index in [-0.39, 0.29) is 0 Å². The first-order valence-corrected chi connectivity index (χ1v) is 9.22. The first kappa shape index (κ1) is 19.1. The van der Waals surface area contributed by atoms with Crippen molar-refractivity contribution >= 4 is 11.6 Å². The highest BCUT2D eigenvalue weighted by Gasteiger charge is 2.22. The molecule has 27 heavy (non-hydrogen) atoms. The van der Waals surface area contributed by atoms with Crippen LogP contribution in [0.2, 0.25) is 0 Å². The number of hydrogen-bond donors (Lipinski definition) is 1. The quantitative estimate of drug-likeness (QED) is 0.661. The van der Waals surface area contributed by atoms with Gasteiger partial charge in [-0.25, -0.2) is 13.8 Å². The van der Waals surface area contributed by atoms with Gasteiger partial charge >= 0.3 is 0 Å². The summed E-state index contributed by atoms with van der Waals surface area (Å²) in [5.41, 5.74) is 2.21. The molecule has 0 amide bonds. The van der Waals surface area contributed by atoms with E-state index in [0.717, 1.165) is 30.0 Å². The molecule has 1 aromatic carbocycles. The van der Waals surface area contributed by atoms with E-state index in [9.17, 15) is 8.78 Å². The van der Waals surface area contributed by atoms with Crippen LogP contribution in [0.1, 0.15) is 18.3 Å². The molecular formula is C20H25F2N5. The Labute approximate surface area is 158 Å². The maximum Gasteiger partial charge on any atom is 0.194 e. The van der Waals surface area contributed by atoms with Crippen LogP contribution in [0, 0.1) is 18.6 Å². The number of guanidine groups is 1. The van der Waals surface area contributed by atoms with Crippen LogP contribution in [0.25, 0.3) is 0 Å². The molecule has 2 heterocycles. The van der Waals surface area contributed by atoms with Gasteiger partial charge in [-0.05, 0) is 38.1 Å². The number of nitrogens with zero attached hydrogens (tertiary/aromatic N) is 4. The Morgan fingerprint density at radius 1 is 1.15 bits per heavy atom. The fourth-order valence-electron chi connectivity index (χ4n) is 3.16. The molecule has 1 aliphatic rings. The average molecular weight is 373 g/mol. The van der Waals surface area contributed by atoms with E-state index in [1.54, 1.807) is 0 Å². The molecule has 2 aromatic rings. The normalized spacial score (nSPS) is 15.2. The second kappa shape index (κ2) is 8.79. The second-order valence-electron chi connectivity index (χ2n) is 6.51. The van der Waals surface area contributed by atoms with E-state index in [0.29, 0.717) is 38.4 Å². The number of pyridine rings is 1. The minimum absolute atomic E-state index is 0.320. The Bertz CT molecular complexity index is 801. The smallest absolute Gasteiger partial charge is 0.194 e. The summed E-state index contributed by atoms with van der Waals surface area (Å²) < 4.78 is 27.5. The van der Waals surface area contributed by atoms with Crippen LogP contribution in [-0.4, -0.2) is 48.6 Å². The van der Waals surface area contributed by atoms with Crippen LogP contribution in [0.4, 0.5) is 14.5 Å². The summed E-state index contributed by atoms with van der Waals surface area (Å²) in [6.07, 6.45) is 0. The van der Waals surface area contributed by atoms with Gasteiger partial charge in [0.05, 0.1) is 17.9 Å². The Morgan fingerprint density at radius 3 is 2.63 bits per heavy atom. The van der Waals surface area contributed by atoms with Gasteiger partial charge in [0.15, 0.2) is 5.96 Å². The monoisotopic (exact) mass is 373 g/mol. The van der Waals surface area contributed by atoms with E-state index in [1.165, 1.54) is 12.1 Å². The molecule has 0 radical (unpaired) electrons. The number of hydrogen-bond acceptors (Lipinski definition) is 3. The number of nitrogens with one attached hydrogen (secondary N) is 1. The number of aromatic nitrogens is 1. The lowest BCUT2D eigenvalue weighted by Gasteiger charge is -2.37. The van der Waals surface area contributed by atoms with Crippen LogP contribution in [0.5, 0.6) is 0 Å². The van der Waals surface area contributed by atoms with Crippen molar-refractivity contribution in [1.82, 2.24) is 15.2 Å². The molecule has 144 valence electrons. The highest BCUT2D eigenvalue weighted by Crippen LogP contribution is 2.22. The maximum absolute atomic E-state index is 14.0. The topological polar surface area (TPSA) is 43.8 Å². The minimum atomic E-state index is -0.422. The molecule has 0 bridgehead atoms. The Morgan fingerprint density at radius 2 is 1.93 bits per heavy atom. The molecule has 0 aliphatic carbocycles. The fourth-order valence-corrected chi connectivity index (χ4v) is 3.16. The second-order valence-corrected chi connectivity index (χ2v) is 6.51. The van der Waals surface area contributed by atoms with Crippen molar-refractivity contribution in [2.45, 2.75) is 20.4 Å².